The lowest BCUT2D eigenvalue weighted by molar-refractivity contribution is 0.446. The molecule has 0 saturated carbocycles. The van der Waals surface area contributed by atoms with Crippen molar-refractivity contribution in [3.63, 3.8) is 0 Å². The first-order chi connectivity index (χ1) is 8.29. The van der Waals surface area contributed by atoms with Gasteiger partial charge in [-0.05, 0) is 24.1 Å². The van der Waals surface area contributed by atoms with Gasteiger partial charge in [-0.3, -0.25) is 4.99 Å². The van der Waals surface area contributed by atoms with E-state index in [2.05, 4.69) is 34.2 Å². The summed E-state index contributed by atoms with van der Waals surface area (Å²) in [5.74, 6) is 3.62. The zero-order chi connectivity index (χ0) is 12.1. The normalized spacial score (nSPS) is 15.1. The molecule has 1 N–H and O–H groups in total. The van der Waals surface area contributed by atoms with Gasteiger partial charge in [0.1, 0.15) is 0 Å². The lowest BCUT2D eigenvalue weighted by Crippen LogP contribution is -2.41. The Balaban J connectivity index is 1.97. The summed E-state index contributed by atoms with van der Waals surface area (Å²) in [7, 11) is 2.06. The Labute approximate surface area is 103 Å². The molecule has 3 nitrogen and oxygen atoms in total. The first-order valence-corrected chi connectivity index (χ1v) is 5.84. The molecular formula is C14H17N3. The highest BCUT2D eigenvalue weighted by Crippen LogP contribution is 2.05. The first kappa shape index (κ1) is 11.5. The number of guanidine groups is 1. The molecule has 2 rings (SSSR count). The Morgan fingerprint density at radius 3 is 3.18 bits per heavy atom. The zero-order valence-corrected chi connectivity index (χ0v) is 10.1. The molecule has 3 heteroatoms. The number of terminal acetylenes is 1. The van der Waals surface area contributed by atoms with E-state index >= 15 is 0 Å². The van der Waals surface area contributed by atoms with Gasteiger partial charge >= 0.3 is 0 Å². The Kier molecular flexibility index (Phi) is 3.66. The minimum absolute atomic E-state index is 0.763. The van der Waals surface area contributed by atoms with Crippen LogP contribution in [0, 0.1) is 12.3 Å². The van der Waals surface area contributed by atoms with Crippen LogP contribution in [0.25, 0.3) is 0 Å². The van der Waals surface area contributed by atoms with Gasteiger partial charge in [0.25, 0.3) is 0 Å². The van der Waals surface area contributed by atoms with Gasteiger partial charge in [-0.15, -0.1) is 6.42 Å². The average molecular weight is 227 g/mol. The molecule has 0 unspecified atom stereocenters. The standard InChI is InChI=1S/C14H17N3/c1-3-12-6-4-7-13(10-12)11-16-14-15-8-5-9-17(14)2/h1,4,6-7,10H,5,8-9,11H2,2H3,(H,15,16). The monoisotopic (exact) mass is 227 g/mol. The van der Waals surface area contributed by atoms with E-state index in [0.29, 0.717) is 0 Å². The highest BCUT2D eigenvalue weighted by molar-refractivity contribution is 5.80. The van der Waals surface area contributed by atoms with Gasteiger partial charge in [0.15, 0.2) is 5.96 Å². The van der Waals surface area contributed by atoms with Crippen LogP contribution in [0.3, 0.4) is 0 Å². The van der Waals surface area contributed by atoms with Crippen molar-refractivity contribution in [1.82, 2.24) is 10.2 Å². The smallest absolute Gasteiger partial charge is 0.193 e. The lowest BCUT2D eigenvalue weighted by atomic mass is 10.1. The minimum atomic E-state index is 0.763. The van der Waals surface area contributed by atoms with Crippen LogP contribution in [0.4, 0.5) is 0 Å². The topological polar surface area (TPSA) is 27.6 Å². The number of hydrogen-bond acceptors (Lipinski definition) is 3. The Morgan fingerprint density at radius 1 is 1.53 bits per heavy atom. The predicted molar refractivity (Wildman–Crippen MR) is 70.8 cm³/mol. The number of hydrogen-bond donors (Lipinski definition) is 1. The Bertz CT molecular complexity index is 457. The molecule has 0 atom stereocenters. The van der Waals surface area contributed by atoms with E-state index in [9.17, 15) is 0 Å². The second kappa shape index (κ2) is 5.40. The molecule has 17 heavy (non-hydrogen) atoms. The molecule has 0 saturated heterocycles. The maximum Gasteiger partial charge on any atom is 0.193 e. The van der Waals surface area contributed by atoms with Crippen molar-refractivity contribution < 1.29 is 0 Å². The lowest BCUT2D eigenvalue weighted by Gasteiger charge is -2.25. The summed E-state index contributed by atoms with van der Waals surface area (Å²) in [5, 5.41) is 3.35. The number of rotatable bonds is 2. The second-order valence-corrected chi connectivity index (χ2v) is 4.18. The van der Waals surface area contributed by atoms with Crippen molar-refractivity contribution in [3.05, 3.63) is 35.4 Å². The highest BCUT2D eigenvalue weighted by Gasteiger charge is 2.09. The van der Waals surface area contributed by atoms with E-state index in [4.69, 9.17) is 6.42 Å². The SMILES string of the molecule is C#Cc1cccc(CNC2=NCCCN2C)c1. The van der Waals surface area contributed by atoms with Crippen LogP contribution >= 0.6 is 0 Å². The first-order valence-electron chi connectivity index (χ1n) is 5.84. The molecule has 1 aliphatic heterocycles. The molecule has 1 aromatic rings. The summed E-state index contributed by atoms with van der Waals surface area (Å²) >= 11 is 0. The number of nitrogens with one attached hydrogen (secondary N) is 1. The third-order valence-corrected chi connectivity index (χ3v) is 2.82. The molecule has 1 heterocycles. The molecule has 0 aliphatic carbocycles. The van der Waals surface area contributed by atoms with E-state index in [1.165, 1.54) is 5.56 Å². The van der Waals surface area contributed by atoms with Gasteiger partial charge in [0, 0.05) is 32.2 Å². The third-order valence-electron chi connectivity index (χ3n) is 2.82. The van der Waals surface area contributed by atoms with Crippen LogP contribution in [-0.2, 0) is 6.54 Å². The molecule has 0 fully saturated rings. The van der Waals surface area contributed by atoms with Crippen LogP contribution in [-0.4, -0.2) is 31.0 Å². The molecule has 0 aromatic heterocycles. The van der Waals surface area contributed by atoms with Crippen molar-refractivity contribution in [1.29, 1.82) is 0 Å². The van der Waals surface area contributed by atoms with Gasteiger partial charge in [-0.2, -0.15) is 0 Å². The molecule has 0 bridgehead atoms. The quantitative estimate of drug-likeness (QED) is 0.774. The fourth-order valence-electron chi connectivity index (χ4n) is 1.86. The van der Waals surface area contributed by atoms with Crippen molar-refractivity contribution >= 4 is 5.96 Å². The minimum Gasteiger partial charge on any atom is -0.352 e. The molecule has 1 aliphatic rings. The second-order valence-electron chi connectivity index (χ2n) is 4.18. The Hall–Kier alpha value is -1.95. The van der Waals surface area contributed by atoms with Gasteiger partial charge in [0.05, 0.1) is 0 Å². The van der Waals surface area contributed by atoms with Crippen LogP contribution < -0.4 is 5.32 Å². The number of benzene rings is 1. The van der Waals surface area contributed by atoms with Crippen molar-refractivity contribution in [3.8, 4) is 12.3 Å². The summed E-state index contributed by atoms with van der Waals surface area (Å²) in [6, 6.07) is 8.01. The summed E-state index contributed by atoms with van der Waals surface area (Å²) < 4.78 is 0. The van der Waals surface area contributed by atoms with E-state index in [1.807, 2.05) is 18.2 Å². The summed E-state index contributed by atoms with van der Waals surface area (Å²) in [6.45, 7) is 2.74. The fourth-order valence-corrected chi connectivity index (χ4v) is 1.86. The van der Waals surface area contributed by atoms with Gasteiger partial charge in [-0.1, -0.05) is 18.1 Å². The maximum atomic E-state index is 5.38. The molecule has 1 aromatic carbocycles. The Morgan fingerprint density at radius 2 is 2.41 bits per heavy atom. The van der Waals surface area contributed by atoms with Crippen LogP contribution in [0.1, 0.15) is 17.5 Å². The van der Waals surface area contributed by atoms with E-state index < -0.39 is 0 Å². The summed E-state index contributed by atoms with van der Waals surface area (Å²) in [6.07, 6.45) is 6.51. The van der Waals surface area contributed by atoms with Gasteiger partial charge < -0.3 is 10.2 Å². The zero-order valence-electron chi connectivity index (χ0n) is 10.1. The highest BCUT2D eigenvalue weighted by atomic mass is 15.3. The van der Waals surface area contributed by atoms with Crippen LogP contribution in [0.2, 0.25) is 0 Å². The van der Waals surface area contributed by atoms with Crippen LogP contribution in [0.15, 0.2) is 29.3 Å². The van der Waals surface area contributed by atoms with Crippen molar-refractivity contribution in [2.24, 2.45) is 4.99 Å². The van der Waals surface area contributed by atoms with Gasteiger partial charge in [0.2, 0.25) is 0 Å². The molecule has 88 valence electrons. The molecule has 0 radical (unpaired) electrons. The van der Waals surface area contributed by atoms with E-state index in [1.54, 1.807) is 0 Å². The maximum absolute atomic E-state index is 5.38. The fraction of sp³-hybridized carbons (Fsp3) is 0.357. The predicted octanol–water partition coefficient (Wildman–Crippen LogP) is 1.45. The largest absolute Gasteiger partial charge is 0.352 e. The molecular weight excluding hydrogens is 210 g/mol. The van der Waals surface area contributed by atoms with Crippen molar-refractivity contribution in [2.45, 2.75) is 13.0 Å². The van der Waals surface area contributed by atoms with Gasteiger partial charge in [-0.25, -0.2) is 0 Å². The summed E-state index contributed by atoms with van der Waals surface area (Å²) in [5.41, 5.74) is 2.10. The van der Waals surface area contributed by atoms with E-state index in [0.717, 1.165) is 37.6 Å². The molecule has 0 amide bonds. The molecule has 0 spiro atoms. The number of aliphatic imine (C=N–C) groups is 1. The van der Waals surface area contributed by atoms with E-state index in [-0.39, 0.29) is 0 Å². The number of nitrogens with zero attached hydrogens (tertiary/aromatic N) is 2. The van der Waals surface area contributed by atoms with Crippen molar-refractivity contribution in [2.75, 3.05) is 20.1 Å². The third kappa shape index (κ3) is 3.01. The average Bonchev–Trinajstić information content (AvgIpc) is 2.38. The van der Waals surface area contributed by atoms with Crippen LogP contribution in [0.5, 0.6) is 0 Å². The summed E-state index contributed by atoms with van der Waals surface area (Å²) in [4.78, 5) is 6.61.